The summed E-state index contributed by atoms with van der Waals surface area (Å²) in [7, 11) is 1.96. The van der Waals surface area contributed by atoms with E-state index in [0.29, 0.717) is 12.6 Å². The Kier molecular flexibility index (Phi) is 4.40. The van der Waals surface area contributed by atoms with Crippen LogP contribution in [0.25, 0.3) is 0 Å². The van der Waals surface area contributed by atoms with E-state index in [4.69, 9.17) is 9.47 Å². The molecular formula is C14H21NO2. The van der Waals surface area contributed by atoms with Crippen molar-refractivity contribution in [1.82, 2.24) is 5.32 Å². The molecule has 0 radical (unpaired) electrons. The van der Waals surface area contributed by atoms with Crippen molar-refractivity contribution in [2.45, 2.75) is 31.9 Å². The van der Waals surface area contributed by atoms with Gasteiger partial charge in [0.15, 0.2) is 0 Å². The SMILES string of the molecule is CNC(C)c1cccc(OCC2CCCO2)c1. The summed E-state index contributed by atoms with van der Waals surface area (Å²) < 4.78 is 11.3. The van der Waals surface area contributed by atoms with Crippen molar-refractivity contribution in [3.05, 3.63) is 29.8 Å². The van der Waals surface area contributed by atoms with Crippen LogP contribution in [0.3, 0.4) is 0 Å². The molecule has 3 heteroatoms. The highest BCUT2D eigenvalue weighted by Gasteiger charge is 2.16. The maximum Gasteiger partial charge on any atom is 0.119 e. The van der Waals surface area contributed by atoms with Crippen LogP contribution < -0.4 is 10.1 Å². The number of benzene rings is 1. The third-order valence-corrected chi connectivity index (χ3v) is 3.25. The van der Waals surface area contributed by atoms with Crippen LogP contribution in [0.2, 0.25) is 0 Å². The van der Waals surface area contributed by atoms with Crippen molar-refractivity contribution in [3.63, 3.8) is 0 Å². The van der Waals surface area contributed by atoms with E-state index < -0.39 is 0 Å². The fourth-order valence-corrected chi connectivity index (χ4v) is 2.01. The van der Waals surface area contributed by atoms with Crippen LogP contribution in [0, 0.1) is 0 Å². The highest BCUT2D eigenvalue weighted by molar-refractivity contribution is 5.30. The predicted molar refractivity (Wildman–Crippen MR) is 68.4 cm³/mol. The Morgan fingerprint density at radius 3 is 3.12 bits per heavy atom. The molecule has 0 aliphatic carbocycles. The van der Waals surface area contributed by atoms with Crippen molar-refractivity contribution < 1.29 is 9.47 Å². The first-order valence-electron chi connectivity index (χ1n) is 6.31. The maximum absolute atomic E-state index is 5.77. The molecule has 1 aromatic rings. The largest absolute Gasteiger partial charge is 0.491 e. The van der Waals surface area contributed by atoms with Crippen molar-refractivity contribution in [3.8, 4) is 5.75 Å². The minimum Gasteiger partial charge on any atom is -0.491 e. The van der Waals surface area contributed by atoms with Gasteiger partial charge in [0.25, 0.3) is 0 Å². The van der Waals surface area contributed by atoms with Gasteiger partial charge in [0.05, 0.1) is 6.10 Å². The van der Waals surface area contributed by atoms with E-state index in [9.17, 15) is 0 Å². The lowest BCUT2D eigenvalue weighted by Gasteiger charge is -2.14. The van der Waals surface area contributed by atoms with Crippen LogP contribution in [0.1, 0.15) is 31.4 Å². The summed E-state index contributed by atoms with van der Waals surface area (Å²) in [4.78, 5) is 0. The molecule has 0 aromatic heterocycles. The smallest absolute Gasteiger partial charge is 0.119 e. The fourth-order valence-electron chi connectivity index (χ4n) is 2.01. The molecule has 0 amide bonds. The molecule has 17 heavy (non-hydrogen) atoms. The average Bonchev–Trinajstić information content (AvgIpc) is 2.89. The van der Waals surface area contributed by atoms with E-state index in [1.807, 2.05) is 19.2 Å². The number of nitrogens with one attached hydrogen (secondary N) is 1. The van der Waals surface area contributed by atoms with Gasteiger partial charge in [0, 0.05) is 12.6 Å². The van der Waals surface area contributed by atoms with E-state index in [1.165, 1.54) is 5.56 Å². The minimum absolute atomic E-state index is 0.278. The van der Waals surface area contributed by atoms with Gasteiger partial charge in [-0.25, -0.2) is 0 Å². The molecule has 0 spiro atoms. The topological polar surface area (TPSA) is 30.5 Å². The molecular weight excluding hydrogens is 214 g/mol. The van der Waals surface area contributed by atoms with E-state index in [-0.39, 0.29) is 6.10 Å². The second-order valence-corrected chi connectivity index (χ2v) is 4.53. The molecule has 0 bridgehead atoms. The zero-order valence-electron chi connectivity index (χ0n) is 10.6. The van der Waals surface area contributed by atoms with Crippen LogP contribution in [-0.4, -0.2) is 26.4 Å². The summed E-state index contributed by atoms with van der Waals surface area (Å²) in [5.74, 6) is 0.931. The first-order chi connectivity index (χ1) is 8.29. The molecule has 1 aliphatic heterocycles. The summed E-state index contributed by atoms with van der Waals surface area (Å²) in [6.45, 7) is 3.68. The molecule has 1 aromatic carbocycles. The first-order valence-corrected chi connectivity index (χ1v) is 6.31. The molecule has 1 aliphatic rings. The van der Waals surface area contributed by atoms with Crippen molar-refractivity contribution >= 4 is 0 Å². The summed E-state index contributed by atoms with van der Waals surface area (Å²) in [5, 5.41) is 3.23. The first kappa shape index (κ1) is 12.4. The van der Waals surface area contributed by atoms with Gasteiger partial charge in [0.1, 0.15) is 12.4 Å². The zero-order valence-corrected chi connectivity index (χ0v) is 10.6. The lowest BCUT2D eigenvalue weighted by atomic mass is 10.1. The number of hydrogen-bond acceptors (Lipinski definition) is 3. The fraction of sp³-hybridized carbons (Fsp3) is 0.571. The molecule has 2 rings (SSSR count). The van der Waals surface area contributed by atoms with Gasteiger partial charge < -0.3 is 14.8 Å². The predicted octanol–water partition coefficient (Wildman–Crippen LogP) is 2.52. The molecule has 2 unspecified atom stereocenters. The standard InChI is InChI=1S/C14H21NO2/c1-11(15-2)12-5-3-6-13(9-12)17-10-14-7-4-8-16-14/h3,5-6,9,11,14-15H,4,7-8,10H2,1-2H3. The summed E-state index contributed by atoms with van der Waals surface area (Å²) >= 11 is 0. The number of ether oxygens (including phenoxy) is 2. The van der Waals surface area contributed by atoms with Crippen molar-refractivity contribution in [2.24, 2.45) is 0 Å². The van der Waals surface area contributed by atoms with E-state index in [0.717, 1.165) is 25.2 Å². The van der Waals surface area contributed by atoms with Crippen molar-refractivity contribution in [2.75, 3.05) is 20.3 Å². The van der Waals surface area contributed by atoms with Crippen molar-refractivity contribution in [1.29, 1.82) is 0 Å². The van der Waals surface area contributed by atoms with Crippen LogP contribution >= 0.6 is 0 Å². The van der Waals surface area contributed by atoms with E-state index in [1.54, 1.807) is 0 Å². The third-order valence-electron chi connectivity index (χ3n) is 3.25. The Bertz CT molecular complexity index is 348. The molecule has 3 nitrogen and oxygen atoms in total. The van der Waals surface area contributed by atoms with E-state index >= 15 is 0 Å². The van der Waals surface area contributed by atoms with Crippen LogP contribution in [0.5, 0.6) is 5.75 Å². The lowest BCUT2D eigenvalue weighted by Crippen LogP contribution is -2.16. The second kappa shape index (κ2) is 6.03. The molecule has 2 atom stereocenters. The Hall–Kier alpha value is -1.06. The quantitative estimate of drug-likeness (QED) is 0.850. The Morgan fingerprint density at radius 1 is 1.53 bits per heavy atom. The van der Waals surface area contributed by atoms with Gasteiger partial charge >= 0.3 is 0 Å². The second-order valence-electron chi connectivity index (χ2n) is 4.53. The summed E-state index contributed by atoms with van der Waals surface area (Å²) in [6, 6.07) is 8.59. The highest BCUT2D eigenvalue weighted by Crippen LogP contribution is 2.20. The molecule has 0 saturated carbocycles. The van der Waals surface area contributed by atoms with Gasteiger partial charge in [-0.1, -0.05) is 12.1 Å². The molecule has 1 saturated heterocycles. The van der Waals surface area contributed by atoms with Crippen LogP contribution in [0.15, 0.2) is 24.3 Å². The summed E-state index contributed by atoms with van der Waals surface area (Å²) in [6.07, 6.45) is 2.55. The lowest BCUT2D eigenvalue weighted by molar-refractivity contribution is 0.0679. The third kappa shape index (κ3) is 3.45. The van der Waals surface area contributed by atoms with Gasteiger partial charge in [-0.2, -0.15) is 0 Å². The Labute approximate surface area is 103 Å². The van der Waals surface area contributed by atoms with E-state index in [2.05, 4.69) is 24.4 Å². The van der Waals surface area contributed by atoms with Crippen LogP contribution in [-0.2, 0) is 4.74 Å². The molecule has 1 N–H and O–H groups in total. The number of hydrogen-bond donors (Lipinski definition) is 1. The maximum atomic E-state index is 5.77. The minimum atomic E-state index is 0.278. The molecule has 94 valence electrons. The van der Waals surface area contributed by atoms with Gasteiger partial charge in [-0.3, -0.25) is 0 Å². The zero-order chi connectivity index (χ0) is 12.1. The highest BCUT2D eigenvalue weighted by atomic mass is 16.5. The Balaban J connectivity index is 1.91. The monoisotopic (exact) mass is 235 g/mol. The number of rotatable bonds is 5. The normalized spacial score (nSPS) is 21.4. The summed E-state index contributed by atoms with van der Waals surface area (Å²) in [5.41, 5.74) is 1.25. The van der Waals surface area contributed by atoms with Gasteiger partial charge in [-0.15, -0.1) is 0 Å². The van der Waals surface area contributed by atoms with Gasteiger partial charge in [-0.05, 0) is 44.5 Å². The average molecular weight is 235 g/mol. The molecule has 1 fully saturated rings. The van der Waals surface area contributed by atoms with Crippen LogP contribution in [0.4, 0.5) is 0 Å². The molecule has 1 heterocycles. The Morgan fingerprint density at radius 2 is 2.41 bits per heavy atom. The van der Waals surface area contributed by atoms with Gasteiger partial charge in [0.2, 0.25) is 0 Å².